The number of nitrogens with two attached hydrogens (primary N) is 1. The van der Waals surface area contributed by atoms with Crippen molar-refractivity contribution in [2.24, 2.45) is 11.7 Å². The Morgan fingerprint density at radius 1 is 1.10 bits per heavy atom. The van der Waals surface area contributed by atoms with E-state index < -0.39 is 0 Å². The maximum Gasteiger partial charge on any atom is 0.116 e. The maximum atomic E-state index is 9.09. The van der Waals surface area contributed by atoms with Crippen LogP contribution in [0.3, 0.4) is 0 Å². The van der Waals surface area contributed by atoms with Crippen LogP contribution in [0.25, 0.3) is 33.2 Å². The standard InChI is InChI=1S/C23H24N6/c24-12-15-5-7-29(8-6-15)14-17-1-3-18-11-22(26-20(18)10-17)23-19-4-2-16(13-25)9-21(19)27-28-23/h1-4,9-11,15,26H,5-8,12,14,24H2,(H,27,28). The van der Waals surface area contributed by atoms with Gasteiger partial charge in [0.2, 0.25) is 0 Å². The number of hydrogen-bond donors (Lipinski definition) is 3. The Bertz CT molecular complexity index is 1200. The van der Waals surface area contributed by atoms with E-state index in [0.717, 1.165) is 54.0 Å². The van der Waals surface area contributed by atoms with Crippen molar-refractivity contribution in [3.05, 3.63) is 53.6 Å². The first-order valence-electron chi connectivity index (χ1n) is 10.2. The number of rotatable bonds is 4. The number of nitriles is 1. The number of piperidine rings is 1. The molecular formula is C23H24N6. The number of nitrogens with zero attached hydrogens (tertiary/aromatic N) is 3. The summed E-state index contributed by atoms with van der Waals surface area (Å²) in [6.07, 6.45) is 2.40. The van der Waals surface area contributed by atoms with Gasteiger partial charge in [-0.25, -0.2) is 0 Å². The zero-order valence-corrected chi connectivity index (χ0v) is 16.3. The molecule has 5 rings (SSSR count). The predicted octanol–water partition coefficient (Wildman–Crippen LogP) is 3.75. The summed E-state index contributed by atoms with van der Waals surface area (Å²) in [6.45, 7) is 4.04. The molecule has 0 radical (unpaired) electrons. The highest BCUT2D eigenvalue weighted by molar-refractivity contribution is 5.96. The van der Waals surface area contributed by atoms with Gasteiger partial charge < -0.3 is 10.7 Å². The Labute approximate surface area is 169 Å². The number of fused-ring (bicyclic) bond motifs is 2. The van der Waals surface area contributed by atoms with Crippen LogP contribution in [0.1, 0.15) is 24.0 Å². The van der Waals surface area contributed by atoms with Crippen LogP contribution in [0.4, 0.5) is 0 Å². The molecule has 0 amide bonds. The number of aromatic nitrogens is 3. The highest BCUT2D eigenvalue weighted by atomic mass is 15.1. The number of benzene rings is 2. The zero-order valence-electron chi connectivity index (χ0n) is 16.3. The molecule has 3 heterocycles. The molecule has 2 aromatic heterocycles. The summed E-state index contributed by atoms with van der Waals surface area (Å²) >= 11 is 0. The van der Waals surface area contributed by atoms with Gasteiger partial charge in [-0.3, -0.25) is 10.00 Å². The van der Waals surface area contributed by atoms with E-state index in [1.807, 2.05) is 18.2 Å². The normalized spacial score (nSPS) is 15.9. The first-order chi connectivity index (χ1) is 14.2. The van der Waals surface area contributed by atoms with Gasteiger partial charge in [0, 0.05) is 22.8 Å². The molecule has 2 aromatic carbocycles. The molecule has 146 valence electrons. The topological polar surface area (TPSA) is 97.5 Å². The monoisotopic (exact) mass is 384 g/mol. The summed E-state index contributed by atoms with van der Waals surface area (Å²) in [5.41, 5.74) is 11.6. The average Bonchev–Trinajstić information content (AvgIpc) is 3.37. The van der Waals surface area contributed by atoms with Crippen LogP contribution in [-0.2, 0) is 6.54 Å². The van der Waals surface area contributed by atoms with Crippen LogP contribution >= 0.6 is 0 Å². The van der Waals surface area contributed by atoms with Crippen molar-refractivity contribution < 1.29 is 0 Å². The molecular weight excluding hydrogens is 360 g/mol. The lowest BCUT2D eigenvalue weighted by molar-refractivity contribution is 0.180. The summed E-state index contributed by atoms with van der Waals surface area (Å²) < 4.78 is 0. The lowest BCUT2D eigenvalue weighted by Crippen LogP contribution is -2.35. The second-order valence-corrected chi connectivity index (χ2v) is 8.00. The van der Waals surface area contributed by atoms with Crippen molar-refractivity contribution in [1.29, 1.82) is 5.26 Å². The van der Waals surface area contributed by atoms with Crippen LogP contribution < -0.4 is 5.73 Å². The second-order valence-electron chi connectivity index (χ2n) is 8.00. The molecule has 0 spiro atoms. The zero-order chi connectivity index (χ0) is 19.8. The van der Waals surface area contributed by atoms with Gasteiger partial charge in [0.25, 0.3) is 0 Å². The SMILES string of the molecule is N#Cc1ccc2c(-c3cc4ccc(CN5CCC(CN)CC5)cc4[nH]3)n[nH]c2c1. The van der Waals surface area contributed by atoms with Gasteiger partial charge >= 0.3 is 0 Å². The Balaban J connectivity index is 1.41. The van der Waals surface area contributed by atoms with Crippen molar-refractivity contribution >= 4 is 21.8 Å². The Hall–Kier alpha value is -3.14. The van der Waals surface area contributed by atoms with Gasteiger partial charge in [0.15, 0.2) is 0 Å². The van der Waals surface area contributed by atoms with Crippen molar-refractivity contribution in [2.45, 2.75) is 19.4 Å². The molecule has 0 bridgehead atoms. The minimum Gasteiger partial charge on any atom is -0.353 e. The third-order valence-corrected chi connectivity index (χ3v) is 6.08. The summed E-state index contributed by atoms with van der Waals surface area (Å²) in [5.74, 6) is 0.688. The third kappa shape index (κ3) is 3.39. The molecule has 0 aliphatic carbocycles. The minimum absolute atomic E-state index is 0.629. The highest BCUT2D eigenvalue weighted by Gasteiger charge is 2.18. The molecule has 29 heavy (non-hydrogen) atoms. The quantitative estimate of drug-likeness (QED) is 0.499. The van der Waals surface area contributed by atoms with Gasteiger partial charge in [-0.1, -0.05) is 12.1 Å². The van der Waals surface area contributed by atoms with E-state index in [9.17, 15) is 0 Å². The molecule has 4 N–H and O–H groups in total. The molecule has 1 fully saturated rings. The number of nitrogens with one attached hydrogen (secondary N) is 2. The Kier molecular flexibility index (Phi) is 4.55. The van der Waals surface area contributed by atoms with Crippen molar-refractivity contribution in [3.8, 4) is 17.5 Å². The summed E-state index contributed by atoms with van der Waals surface area (Å²) in [5, 5.41) is 18.8. The Morgan fingerprint density at radius 3 is 2.76 bits per heavy atom. The van der Waals surface area contributed by atoms with Crippen LogP contribution in [0.5, 0.6) is 0 Å². The van der Waals surface area contributed by atoms with Gasteiger partial charge in [0.1, 0.15) is 5.69 Å². The van der Waals surface area contributed by atoms with Crippen molar-refractivity contribution in [3.63, 3.8) is 0 Å². The number of likely N-dealkylation sites (tertiary alicyclic amines) is 1. The highest BCUT2D eigenvalue weighted by Crippen LogP contribution is 2.30. The number of hydrogen-bond acceptors (Lipinski definition) is 4. The first kappa shape index (κ1) is 17.9. The van der Waals surface area contributed by atoms with E-state index >= 15 is 0 Å². The van der Waals surface area contributed by atoms with Crippen LogP contribution in [0.2, 0.25) is 0 Å². The molecule has 1 aliphatic rings. The van der Waals surface area contributed by atoms with E-state index in [4.69, 9.17) is 11.0 Å². The predicted molar refractivity (Wildman–Crippen MR) is 115 cm³/mol. The molecule has 1 aliphatic heterocycles. The average molecular weight is 384 g/mol. The van der Waals surface area contributed by atoms with E-state index in [-0.39, 0.29) is 0 Å². The lowest BCUT2D eigenvalue weighted by atomic mass is 9.97. The van der Waals surface area contributed by atoms with E-state index in [0.29, 0.717) is 11.5 Å². The van der Waals surface area contributed by atoms with Gasteiger partial charge in [-0.05, 0) is 74.3 Å². The third-order valence-electron chi connectivity index (χ3n) is 6.08. The second kappa shape index (κ2) is 7.36. The van der Waals surface area contributed by atoms with Gasteiger partial charge in [-0.15, -0.1) is 0 Å². The fourth-order valence-electron chi connectivity index (χ4n) is 4.33. The maximum absolute atomic E-state index is 9.09. The largest absolute Gasteiger partial charge is 0.353 e. The molecule has 0 atom stereocenters. The van der Waals surface area contributed by atoms with Crippen LogP contribution in [0.15, 0.2) is 42.5 Å². The number of aromatic amines is 2. The van der Waals surface area contributed by atoms with E-state index in [1.165, 1.54) is 23.8 Å². The summed E-state index contributed by atoms with van der Waals surface area (Å²) in [4.78, 5) is 6.05. The molecule has 1 saturated heterocycles. The fraction of sp³-hybridized carbons (Fsp3) is 0.304. The minimum atomic E-state index is 0.629. The van der Waals surface area contributed by atoms with E-state index in [1.54, 1.807) is 0 Å². The Morgan fingerprint density at radius 2 is 1.97 bits per heavy atom. The lowest BCUT2D eigenvalue weighted by Gasteiger charge is -2.31. The number of H-pyrrole nitrogens is 2. The van der Waals surface area contributed by atoms with Gasteiger partial charge in [-0.2, -0.15) is 10.4 Å². The molecule has 4 aromatic rings. The smallest absolute Gasteiger partial charge is 0.116 e. The summed E-state index contributed by atoms with van der Waals surface area (Å²) in [7, 11) is 0. The fourth-order valence-corrected chi connectivity index (χ4v) is 4.33. The van der Waals surface area contributed by atoms with Crippen LogP contribution in [0, 0.1) is 17.2 Å². The van der Waals surface area contributed by atoms with E-state index in [2.05, 4.69) is 50.4 Å². The van der Waals surface area contributed by atoms with Crippen molar-refractivity contribution in [2.75, 3.05) is 19.6 Å². The first-order valence-corrected chi connectivity index (χ1v) is 10.2. The van der Waals surface area contributed by atoms with Gasteiger partial charge in [0.05, 0.1) is 22.8 Å². The molecule has 0 saturated carbocycles. The molecule has 6 nitrogen and oxygen atoms in total. The van der Waals surface area contributed by atoms with Crippen molar-refractivity contribution in [1.82, 2.24) is 20.1 Å². The summed E-state index contributed by atoms with van der Waals surface area (Å²) in [6, 6.07) is 16.6. The van der Waals surface area contributed by atoms with Crippen LogP contribution in [-0.4, -0.2) is 39.7 Å². The molecule has 6 heteroatoms. The molecule has 0 unspecified atom stereocenters.